The molecule has 1 aromatic rings. The molecule has 0 aliphatic carbocycles. The van der Waals surface area contributed by atoms with Crippen LogP contribution in [0, 0.1) is 19.8 Å². The molecular weight excluding hydrogens is 282 g/mol. The van der Waals surface area contributed by atoms with Crippen molar-refractivity contribution in [2.75, 3.05) is 25.2 Å². The van der Waals surface area contributed by atoms with E-state index in [9.17, 15) is 0 Å². The zero-order chi connectivity index (χ0) is 15.0. The summed E-state index contributed by atoms with van der Waals surface area (Å²) in [6, 6.07) is 0.394. The Hall–Kier alpha value is -0.520. The minimum absolute atomic E-state index is 0.146. The Morgan fingerprint density at radius 3 is 2.86 bits per heavy atom. The second-order valence-corrected chi connectivity index (χ2v) is 7.67. The van der Waals surface area contributed by atoms with Gasteiger partial charge in [0.25, 0.3) is 0 Å². The molecule has 3 heterocycles. The molecule has 2 saturated heterocycles. The van der Waals surface area contributed by atoms with Crippen molar-refractivity contribution in [3.63, 3.8) is 0 Å². The molecule has 5 heteroatoms. The molecule has 118 valence electrons. The normalized spacial score (nSPS) is 31.0. The Kier molecular flexibility index (Phi) is 4.35. The van der Waals surface area contributed by atoms with Gasteiger partial charge in [0.05, 0.1) is 11.3 Å². The molecule has 2 fully saturated rings. The van der Waals surface area contributed by atoms with E-state index >= 15 is 0 Å². The van der Waals surface area contributed by atoms with Crippen molar-refractivity contribution in [1.82, 2.24) is 15.1 Å². The average Bonchev–Trinajstić information content (AvgIpc) is 3.00. The van der Waals surface area contributed by atoms with Crippen LogP contribution < -0.4 is 5.32 Å². The lowest BCUT2D eigenvalue weighted by Crippen LogP contribution is -2.43. The summed E-state index contributed by atoms with van der Waals surface area (Å²) in [7, 11) is 4.12. The Morgan fingerprint density at radius 2 is 2.29 bits per heavy atom. The SMILES string of the molecule is CNC(c1c(C)nn(C)c1C)C1CCOC2(CCSC2)C1. The molecule has 1 spiro atoms. The number of ether oxygens (including phenoxy) is 1. The molecule has 0 amide bonds. The van der Waals surface area contributed by atoms with Crippen LogP contribution in [0.25, 0.3) is 0 Å². The third-order valence-corrected chi connectivity index (χ3v) is 6.48. The monoisotopic (exact) mass is 309 g/mol. The summed E-state index contributed by atoms with van der Waals surface area (Å²) < 4.78 is 8.19. The lowest BCUT2D eigenvalue weighted by molar-refractivity contribution is -0.0851. The van der Waals surface area contributed by atoms with Gasteiger partial charge in [-0.15, -0.1) is 0 Å². The van der Waals surface area contributed by atoms with Crippen LogP contribution in [-0.4, -0.2) is 40.5 Å². The summed E-state index contributed by atoms with van der Waals surface area (Å²) in [5.74, 6) is 3.07. The number of rotatable bonds is 3. The molecule has 3 unspecified atom stereocenters. The molecule has 2 aliphatic heterocycles. The van der Waals surface area contributed by atoms with Gasteiger partial charge in [0.1, 0.15) is 0 Å². The molecule has 0 aromatic carbocycles. The summed E-state index contributed by atoms with van der Waals surface area (Å²) in [6.07, 6.45) is 3.54. The van der Waals surface area contributed by atoms with Crippen LogP contribution >= 0.6 is 11.8 Å². The molecule has 4 nitrogen and oxygen atoms in total. The molecule has 3 rings (SSSR count). The first-order valence-electron chi connectivity index (χ1n) is 7.95. The molecule has 21 heavy (non-hydrogen) atoms. The van der Waals surface area contributed by atoms with Gasteiger partial charge >= 0.3 is 0 Å². The molecular formula is C16H27N3OS. The van der Waals surface area contributed by atoms with Crippen molar-refractivity contribution < 1.29 is 4.74 Å². The van der Waals surface area contributed by atoms with E-state index in [0.29, 0.717) is 12.0 Å². The van der Waals surface area contributed by atoms with Crippen LogP contribution in [0.4, 0.5) is 0 Å². The Bertz CT molecular complexity index is 508. The smallest absolute Gasteiger partial charge is 0.0783 e. The fourth-order valence-electron chi connectivity index (χ4n) is 4.07. The molecule has 2 aliphatic rings. The molecule has 1 aromatic heterocycles. The number of hydrogen-bond donors (Lipinski definition) is 1. The van der Waals surface area contributed by atoms with E-state index < -0.39 is 0 Å². The lowest BCUT2D eigenvalue weighted by atomic mass is 9.78. The van der Waals surface area contributed by atoms with Gasteiger partial charge in [0.15, 0.2) is 0 Å². The van der Waals surface area contributed by atoms with Gasteiger partial charge < -0.3 is 10.1 Å². The molecule has 1 N–H and O–H groups in total. The first-order valence-corrected chi connectivity index (χ1v) is 9.11. The number of aromatic nitrogens is 2. The van der Waals surface area contributed by atoms with Crippen LogP contribution in [0.5, 0.6) is 0 Å². The van der Waals surface area contributed by atoms with Crippen molar-refractivity contribution in [3.05, 3.63) is 17.0 Å². The fourth-order valence-corrected chi connectivity index (χ4v) is 5.45. The quantitative estimate of drug-likeness (QED) is 0.931. The Morgan fingerprint density at radius 1 is 1.48 bits per heavy atom. The van der Waals surface area contributed by atoms with Crippen molar-refractivity contribution in [2.45, 2.75) is 44.8 Å². The van der Waals surface area contributed by atoms with Crippen LogP contribution in [0.3, 0.4) is 0 Å². The van der Waals surface area contributed by atoms with Gasteiger partial charge in [-0.3, -0.25) is 4.68 Å². The van der Waals surface area contributed by atoms with E-state index in [4.69, 9.17) is 4.74 Å². The minimum Gasteiger partial charge on any atom is -0.374 e. The third-order valence-electron chi connectivity index (χ3n) is 5.26. The topological polar surface area (TPSA) is 39.1 Å². The number of nitrogens with zero attached hydrogens (tertiary/aromatic N) is 2. The standard InChI is InChI=1S/C16H27N3OS/c1-11-14(12(2)19(4)18-11)15(17-3)13-5-7-20-16(9-13)6-8-21-10-16/h13,15,17H,5-10H2,1-4H3. The first-order chi connectivity index (χ1) is 10.1. The van der Waals surface area contributed by atoms with E-state index in [1.807, 2.05) is 23.5 Å². The van der Waals surface area contributed by atoms with E-state index in [1.165, 1.54) is 35.6 Å². The van der Waals surface area contributed by atoms with Gasteiger partial charge in [-0.1, -0.05) is 0 Å². The summed E-state index contributed by atoms with van der Waals surface area (Å²) >= 11 is 2.05. The van der Waals surface area contributed by atoms with Crippen LogP contribution in [-0.2, 0) is 11.8 Å². The van der Waals surface area contributed by atoms with E-state index in [-0.39, 0.29) is 5.60 Å². The summed E-state index contributed by atoms with van der Waals surface area (Å²) in [4.78, 5) is 0. The number of nitrogens with one attached hydrogen (secondary N) is 1. The summed E-state index contributed by atoms with van der Waals surface area (Å²) in [5.41, 5.74) is 3.99. The van der Waals surface area contributed by atoms with Crippen molar-refractivity contribution >= 4 is 11.8 Å². The highest BCUT2D eigenvalue weighted by Crippen LogP contribution is 2.44. The third kappa shape index (κ3) is 2.76. The van der Waals surface area contributed by atoms with E-state index in [2.05, 4.69) is 31.3 Å². The number of hydrogen-bond acceptors (Lipinski definition) is 4. The second kappa shape index (κ2) is 5.94. The van der Waals surface area contributed by atoms with Gasteiger partial charge in [0.2, 0.25) is 0 Å². The first kappa shape index (κ1) is 15.4. The van der Waals surface area contributed by atoms with Gasteiger partial charge in [-0.25, -0.2) is 0 Å². The maximum Gasteiger partial charge on any atom is 0.0783 e. The van der Waals surface area contributed by atoms with Gasteiger partial charge in [-0.2, -0.15) is 16.9 Å². The fraction of sp³-hybridized carbons (Fsp3) is 0.812. The van der Waals surface area contributed by atoms with Gasteiger partial charge in [0, 0.05) is 36.7 Å². The summed E-state index contributed by atoms with van der Waals surface area (Å²) in [5, 5.41) is 8.18. The Balaban J connectivity index is 1.85. The predicted molar refractivity (Wildman–Crippen MR) is 87.8 cm³/mol. The highest BCUT2D eigenvalue weighted by molar-refractivity contribution is 7.99. The zero-order valence-electron chi connectivity index (χ0n) is 13.6. The van der Waals surface area contributed by atoms with Crippen molar-refractivity contribution in [3.8, 4) is 0 Å². The van der Waals surface area contributed by atoms with Gasteiger partial charge in [-0.05, 0) is 51.8 Å². The van der Waals surface area contributed by atoms with Crippen molar-refractivity contribution in [1.29, 1.82) is 0 Å². The number of thioether (sulfide) groups is 1. The molecule has 0 radical (unpaired) electrons. The molecule has 0 saturated carbocycles. The maximum atomic E-state index is 6.18. The van der Waals surface area contributed by atoms with Crippen LogP contribution in [0.1, 0.15) is 42.3 Å². The highest BCUT2D eigenvalue weighted by atomic mass is 32.2. The lowest BCUT2D eigenvalue weighted by Gasteiger charge is -2.41. The van der Waals surface area contributed by atoms with E-state index in [1.54, 1.807) is 0 Å². The van der Waals surface area contributed by atoms with Crippen LogP contribution in [0.15, 0.2) is 0 Å². The zero-order valence-corrected chi connectivity index (χ0v) is 14.4. The molecule has 3 atom stereocenters. The van der Waals surface area contributed by atoms with Crippen molar-refractivity contribution in [2.24, 2.45) is 13.0 Å². The maximum absolute atomic E-state index is 6.18. The largest absolute Gasteiger partial charge is 0.374 e. The minimum atomic E-state index is 0.146. The van der Waals surface area contributed by atoms with Crippen LogP contribution in [0.2, 0.25) is 0 Å². The average molecular weight is 309 g/mol. The molecule has 0 bridgehead atoms. The highest BCUT2D eigenvalue weighted by Gasteiger charge is 2.43. The number of aryl methyl sites for hydroxylation is 2. The predicted octanol–water partition coefficient (Wildman–Crippen LogP) is 2.60. The van der Waals surface area contributed by atoms with E-state index in [0.717, 1.165) is 18.7 Å². The Labute approximate surface area is 132 Å². The summed E-state index contributed by atoms with van der Waals surface area (Å²) in [6.45, 7) is 5.22. The second-order valence-electron chi connectivity index (χ2n) is 6.56.